The molecule has 1 aromatic carbocycles. The number of aromatic nitrogens is 1. The highest BCUT2D eigenvalue weighted by atomic mass is 16.6. The van der Waals surface area contributed by atoms with Gasteiger partial charge in [0.05, 0.1) is 0 Å². The molecule has 1 amide bonds. The minimum Gasteiger partial charge on any atom is -0.409 e. The van der Waals surface area contributed by atoms with Crippen LogP contribution >= 0.6 is 0 Å². The number of nitrogens with zero attached hydrogens (tertiary/aromatic N) is 2. The van der Waals surface area contributed by atoms with Crippen molar-refractivity contribution >= 4 is 17.0 Å². The number of H-pyrrole nitrogens is 1. The number of hydrogen-bond donors (Lipinski definition) is 1. The third kappa shape index (κ3) is 3.31. The molecule has 0 saturated carbocycles. The van der Waals surface area contributed by atoms with Crippen molar-refractivity contribution in [1.29, 1.82) is 0 Å². The van der Waals surface area contributed by atoms with E-state index < -0.39 is 6.09 Å². The Labute approximate surface area is 121 Å². The first kappa shape index (κ1) is 14.8. The van der Waals surface area contributed by atoms with Crippen molar-refractivity contribution in [2.45, 2.75) is 13.3 Å². The van der Waals surface area contributed by atoms with E-state index in [1.165, 1.54) is 4.90 Å². The molecule has 1 aromatic heterocycles. The van der Waals surface area contributed by atoms with Gasteiger partial charge in [0.1, 0.15) is 5.75 Å². The average Bonchev–Trinajstić information content (AvgIpc) is 2.88. The monoisotopic (exact) mass is 291 g/mol. The largest absolute Gasteiger partial charge is 0.414 e. The quantitative estimate of drug-likeness (QED) is 0.677. The lowest BCUT2D eigenvalue weighted by molar-refractivity contribution is -0.479. The number of carbonyl (C=O) groups is 1. The number of nitro groups is 1. The van der Waals surface area contributed by atoms with Crippen LogP contribution in [0.25, 0.3) is 10.9 Å². The molecule has 0 aliphatic rings. The molecule has 0 aliphatic heterocycles. The Morgan fingerprint density at radius 1 is 1.48 bits per heavy atom. The summed E-state index contributed by atoms with van der Waals surface area (Å²) in [5.41, 5.74) is 1.56. The molecule has 0 aliphatic carbocycles. The highest BCUT2D eigenvalue weighted by molar-refractivity contribution is 5.91. The van der Waals surface area contributed by atoms with Gasteiger partial charge in [0.2, 0.25) is 6.54 Å². The van der Waals surface area contributed by atoms with Gasteiger partial charge < -0.3 is 14.6 Å². The number of rotatable bonds is 5. The Balaban J connectivity index is 2.32. The van der Waals surface area contributed by atoms with Gasteiger partial charge in [-0.2, -0.15) is 0 Å². The fraction of sp³-hybridized carbons (Fsp3) is 0.357. The van der Waals surface area contributed by atoms with Crippen LogP contribution in [0.3, 0.4) is 0 Å². The molecule has 2 aromatic rings. The zero-order valence-electron chi connectivity index (χ0n) is 12.0. The summed E-state index contributed by atoms with van der Waals surface area (Å²) >= 11 is 0. The fourth-order valence-corrected chi connectivity index (χ4v) is 2.01. The van der Waals surface area contributed by atoms with Crippen molar-refractivity contribution < 1.29 is 14.5 Å². The molecule has 0 unspecified atom stereocenters. The Morgan fingerprint density at radius 2 is 2.24 bits per heavy atom. The molecule has 7 nitrogen and oxygen atoms in total. The third-order valence-corrected chi connectivity index (χ3v) is 3.30. The molecular weight excluding hydrogens is 274 g/mol. The van der Waals surface area contributed by atoms with E-state index >= 15 is 0 Å². The van der Waals surface area contributed by atoms with Crippen LogP contribution in [0.15, 0.2) is 24.4 Å². The Morgan fingerprint density at radius 3 is 2.90 bits per heavy atom. The van der Waals surface area contributed by atoms with Crippen LogP contribution < -0.4 is 4.74 Å². The summed E-state index contributed by atoms with van der Waals surface area (Å²) in [6.07, 6.45) is 1.55. The number of aromatic amines is 1. The van der Waals surface area contributed by atoms with Gasteiger partial charge in [0, 0.05) is 42.0 Å². The first-order chi connectivity index (χ1) is 10.0. The van der Waals surface area contributed by atoms with Gasteiger partial charge in [0.15, 0.2) is 0 Å². The van der Waals surface area contributed by atoms with Gasteiger partial charge in [-0.1, -0.05) is 6.07 Å². The molecule has 112 valence electrons. The number of hydrogen-bond acceptors (Lipinski definition) is 4. The average molecular weight is 291 g/mol. The molecule has 21 heavy (non-hydrogen) atoms. The van der Waals surface area contributed by atoms with E-state index in [0.29, 0.717) is 12.3 Å². The van der Waals surface area contributed by atoms with E-state index in [-0.39, 0.29) is 17.9 Å². The summed E-state index contributed by atoms with van der Waals surface area (Å²) in [5, 5.41) is 11.2. The summed E-state index contributed by atoms with van der Waals surface area (Å²) in [6, 6.07) is 5.30. The molecule has 0 fully saturated rings. The Bertz CT molecular complexity index is 665. The van der Waals surface area contributed by atoms with Crippen molar-refractivity contribution in [1.82, 2.24) is 9.88 Å². The maximum absolute atomic E-state index is 11.9. The molecule has 2 rings (SSSR count). The van der Waals surface area contributed by atoms with E-state index in [4.69, 9.17) is 4.74 Å². The third-order valence-electron chi connectivity index (χ3n) is 3.30. The van der Waals surface area contributed by atoms with Crippen LogP contribution in [0, 0.1) is 10.1 Å². The molecule has 0 bridgehead atoms. The highest BCUT2D eigenvalue weighted by Crippen LogP contribution is 2.29. The lowest BCUT2D eigenvalue weighted by Crippen LogP contribution is -2.29. The summed E-state index contributed by atoms with van der Waals surface area (Å²) in [7, 11) is 1.65. The van der Waals surface area contributed by atoms with Crippen molar-refractivity contribution in [3.8, 4) is 5.75 Å². The number of carbonyl (C=O) groups excluding carboxylic acids is 1. The molecule has 1 heterocycles. The number of ether oxygens (including phenoxy) is 1. The molecule has 7 heteroatoms. The minimum atomic E-state index is -0.452. The van der Waals surface area contributed by atoms with Gasteiger partial charge in [-0.25, -0.2) is 4.79 Å². The van der Waals surface area contributed by atoms with Crippen molar-refractivity contribution in [3.63, 3.8) is 0 Å². The molecule has 0 atom stereocenters. The molecule has 0 spiro atoms. The first-order valence-corrected chi connectivity index (χ1v) is 6.66. The van der Waals surface area contributed by atoms with Gasteiger partial charge in [0.25, 0.3) is 0 Å². The second-order valence-electron chi connectivity index (χ2n) is 4.68. The van der Waals surface area contributed by atoms with Crippen LogP contribution in [0.2, 0.25) is 0 Å². The standard InChI is InChI=1S/C14H17N3O4/c1-3-16(2)14(18)21-12-6-4-5-11-13(12)10(9-15-11)7-8-17(19)20/h4-6,9,15H,3,7-8H2,1-2H3. The highest BCUT2D eigenvalue weighted by Gasteiger charge is 2.15. The van der Waals surface area contributed by atoms with Crippen LogP contribution in [-0.4, -0.2) is 41.0 Å². The van der Waals surface area contributed by atoms with E-state index in [9.17, 15) is 14.9 Å². The maximum atomic E-state index is 11.9. The first-order valence-electron chi connectivity index (χ1n) is 6.66. The minimum absolute atomic E-state index is 0.163. The zero-order chi connectivity index (χ0) is 15.4. The van der Waals surface area contributed by atoms with Crippen LogP contribution in [0.5, 0.6) is 5.75 Å². The van der Waals surface area contributed by atoms with Crippen molar-refractivity contribution in [2.75, 3.05) is 20.1 Å². The van der Waals surface area contributed by atoms with Gasteiger partial charge >= 0.3 is 6.09 Å². The van der Waals surface area contributed by atoms with E-state index in [2.05, 4.69) is 4.98 Å². The molecule has 0 radical (unpaired) electrons. The number of nitrogens with one attached hydrogen (secondary N) is 1. The Kier molecular flexibility index (Phi) is 4.42. The lowest BCUT2D eigenvalue weighted by Gasteiger charge is -2.15. The van der Waals surface area contributed by atoms with Gasteiger partial charge in [-0.15, -0.1) is 0 Å². The molecule has 1 N–H and O–H groups in total. The predicted octanol–water partition coefficient (Wildman–Crippen LogP) is 2.44. The van der Waals surface area contributed by atoms with Crippen LogP contribution in [-0.2, 0) is 6.42 Å². The number of fused-ring (bicyclic) bond motifs is 1. The van der Waals surface area contributed by atoms with E-state index in [1.807, 2.05) is 13.0 Å². The van der Waals surface area contributed by atoms with Gasteiger partial charge in [-0.05, 0) is 24.6 Å². The molecule has 0 saturated heterocycles. The van der Waals surface area contributed by atoms with Gasteiger partial charge in [-0.3, -0.25) is 10.1 Å². The summed E-state index contributed by atoms with van der Waals surface area (Å²) in [4.78, 5) is 26.5. The molecular formula is C14H17N3O4. The number of benzene rings is 1. The lowest BCUT2D eigenvalue weighted by atomic mass is 10.1. The number of amides is 1. The topological polar surface area (TPSA) is 88.5 Å². The zero-order valence-corrected chi connectivity index (χ0v) is 12.0. The summed E-state index contributed by atoms with van der Waals surface area (Å²) in [6.45, 7) is 2.22. The normalized spacial score (nSPS) is 10.6. The van der Waals surface area contributed by atoms with Crippen molar-refractivity contribution in [3.05, 3.63) is 40.1 Å². The van der Waals surface area contributed by atoms with Crippen LogP contribution in [0.1, 0.15) is 12.5 Å². The van der Waals surface area contributed by atoms with E-state index in [1.54, 1.807) is 25.4 Å². The summed E-state index contributed by atoms with van der Waals surface area (Å²) in [5.74, 6) is 0.414. The Hall–Kier alpha value is -2.57. The SMILES string of the molecule is CCN(C)C(=O)Oc1cccc2[nH]cc(CC[N+](=O)[O-])c12. The second-order valence-corrected chi connectivity index (χ2v) is 4.68. The van der Waals surface area contributed by atoms with Crippen LogP contribution in [0.4, 0.5) is 4.79 Å². The van der Waals surface area contributed by atoms with Crippen molar-refractivity contribution in [2.24, 2.45) is 0 Å². The summed E-state index contributed by atoms with van der Waals surface area (Å²) < 4.78 is 5.38. The maximum Gasteiger partial charge on any atom is 0.414 e. The smallest absolute Gasteiger partial charge is 0.409 e. The van der Waals surface area contributed by atoms with E-state index in [0.717, 1.165) is 16.5 Å². The fourth-order valence-electron chi connectivity index (χ4n) is 2.01. The second kappa shape index (κ2) is 6.25. The predicted molar refractivity (Wildman–Crippen MR) is 78.2 cm³/mol.